The number of benzene rings is 1. The molecule has 0 aliphatic heterocycles. The molecule has 0 spiro atoms. The van der Waals surface area contributed by atoms with Gasteiger partial charge < -0.3 is 5.73 Å². The molecule has 0 saturated heterocycles. The minimum atomic E-state index is -0.492. The van der Waals surface area contributed by atoms with Crippen molar-refractivity contribution in [1.29, 1.82) is 0 Å². The number of hydrogen-bond donors (Lipinski definition) is 1. The molecule has 0 atom stereocenters. The molecule has 18 heavy (non-hydrogen) atoms. The number of carbonyl (C=O) groups excluding carboxylic acids is 1. The quantitative estimate of drug-likeness (QED) is 0.920. The van der Waals surface area contributed by atoms with Crippen molar-refractivity contribution in [3.63, 3.8) is 0 Å². The van der Waals surface area contributed by atoms with Crippen LogP contribution in [0.1, 0.15) is 21.5 Å². The molecule has 3 nitrogen and oxygen atoms in total. The first-order valence-electron chi connectivity index (χ1n) is 5.34. The Kier molecular flexibility index (Phi) is 3.75. The molecule has 2 N–H and O–H groups in total. The second-order valence-corrected chi connectivity index (χ2v) is 4.15. The van der Waals surface area contributed by atoms with Crippen LogP contribution in [-0.4, -0.2) is 10.9 Å². The van der Waals surface area contributed by atoms with Gasteiger partial charge in [-0.1, -0.05) is 35.9 Å². The van der Waals surface area contributed by atoms with Crippen LogP contribution in [0, 0.1) is 0 Å². The number of nitrogens with zero attached hydrogens (tertiary/aromatic N) is 1. The fourth-order valence-electron chi connectivity index (χ4n) is 1.55. The molecular weight excluding hydrogens is 248 g/mol. The van der Waals surface area contributed by atoms with Gasteiger partial charge in [0.25, 0.3) is 5.91 Å². The van der Waals surface area contributed by atoms with Crippen LogP contribution in [0.3, 0.4) is 0 Å². The SMILES string of the molecule is NC(=O)c1cnccc1/C=C/c1cccc(Cl)c1. The zero-order valence-corrected chi connectivity index (χ0v) is 10.3. The van der Waals surface area contributed by atoms with Gasteiger partial charge in [0.05, 0.1) is 5.56 Å². The summed E-state index contributed by atoms with van der Waals surface area (Å²) in [5, 5.41) is 0.669. The molecule has 1 aromatic heterocycles. The van der Waals surface area contributed by atoms with Gasteiger partial charge in [-0.15, -0.1) is 0 Å². The summed E-state index contributed by atoms with van der Waals surface area (Å²) < 4.78 is 0. The number of pyridine rings is 1. The van der Waals surface area contributed by atoms with Crippen molar-refractivity contribution in [3.8, 4) is 0 Å². The van der Waals surface area contributed by atoms with E-state index in [9.17, 15) is 4.79 Å². The second-order valence-electron chi connectivity index (χ2n) is 3.72. The number of aromatic nitrogens is 1. The monoisotopic (exact) mass is 258 g/mol. The zero-order chi connectivity index (χ0) is 13.0. The van der Waals surface area contributed by atoms with E-state index in [-0.39, 0.29) is 0 Å². The van der Waals surface area contributed by atoms with Gasteiger partial charge >= 0.3 is 0 Å². The van der Waals surface area contributed by atoms with E-state index in [1.165, 1.54) is 6.20 Å². The van der Waals surface area contributed by atoms with Crippen LogP contribution in [0.25, 0.3) is 12.2 Å². The Hall–Kier alpha value is -2.13. The van der Waals surface area contributed by atoms with Crippen molar-refractivity contribution in [1.82, 2.24) is 4.98 Å². The lowest BCUT2D eigenvalue weighted by atomic mass is 10.1. The largest absolute Gasteiger partial charge is 0.366 e. The summed E-state index contributed by atoms with van der Waals surface area (Å²) in [6, 6.07) is 9.17. The first-order chi connectivity index (χ1) is 8.66. The maximum absolute atomic E-state index is 11.2. The van der Waals surface area contributed by atoms with Gasteiger partial charge in [0.15, 0.2) is 0 Å². The second kappa shape index (κ2) is 5.47. The molecule has 0 saturated carbocycles. The van der Waals surface area contributed by atoms with Crippen LogP contribution in [0.15, 0.2) is 42.7 Å². The number of hydrogen-bond acceptors (Lipinski definition) is 2. The molecule has 0 bridgehead atoms. The molecule has 1 amide bonds. The van der Waals surface area contributed by atoms with E-state index in [0.717, 1.165) is 11.1 Å². The summed E-state index contributed by atoms with van der Waals surface area (Å²) in [4.78, 5) is 15.1. The normalized spacial score (nSPS) is 10.7. The highest BCUT2D eigenvalue weighted by molar-refractivity contribution is 6.30. The first-order valence-corrected chi connectivity index (χ1v) is 5.72. The van der Waals surface area contributed by atoms with Gasteiger partial charge in [-0.25, -0.2) is 0 Å². The van der Waals surface area contributed by atoms with Crippen molar-refractivity contribution in [3.05, 3.63) is 64.4 Å². The van der Waals surface area contributed by atoms with Crippen molar-refractivity contribution >= 4 is 29.7 Å². The van der Waals surface area contributed by atoms with Gasteiger partial charge in [-0.2, -0.15) is 0 Å². The fourth-order valence-corrected chi connectivity index (χ4v) is 1.75. The lowest BCUT2D eigenvalue weighted by Gasteiger charge is -2.00. The molecule has 2 aromatic rings. The Morgan fingerprint density at radius 2 is 2.11 bits per heavy atom. The third-order valence-electron chi connectivity index (χ3n) is 2.42. The molecule has 0 unspecified atom stereocenters. The highest BCUT2D eigenvalue weighted by Gasteiger charge is 2.04. The molecule has 0 aliphatic carbocycles. The Balaban J connectivity index is 2.32. The topological polar surface area (TPSA) is 56.0 Å². The smallest absolute Gasteiger partial charge is 0.250 e. The average molecular weight is 259 g/mol. The van der Waals surface area contributed by atoms with Gasteiger partial charge in [-0.05, 0) is 29.3 Å². The molecule has 0 fully saturated rings. The van der Waals surface area contributed by atoms with Crippen molar-refractivity contribution < 1.29 is 4.79 Å². The predicted octanol–water partition coefficient (Wildman–Crippen LogP) is 3.00. The highest BCUT2D eigenvalue weighted by Crippen LogP contribution is 2.15. The molecule has 1 aromatic carbocycles. The summed E-state index contributed by atoms with van der Waals surface area (Å²) in [6.45, 7) is 0. The maximum Gasteiger partial charge on any atom is 0.250 e. The number of rotatable bonds is 3. The molecule has 90 valence electrons. The van der Waals surface area contributed by atoms with Gasteiger partial charge in [0, 0.05) is 17.4 Å². The Bertz CT molecular complexity index is 608. The van der Waals surface area contributed by atoms with E-state index >= 15 is 0 Å². The summed E-state index contributed by atoms with van der Waals surface area (Å²) in [5.74, 6) is -0.492. The van der Waals surface area contributed by atoms with Crippen molar-refractivity contribution in [2.24, 2.45) is 5.73 Å². The van der Waals surface area contributed by atoms with Gasteiger partial charge in [-0.3, -0.25) is 9.78 Å². The van der Waals surface area contributed by atoms with E-state index in [1.54, 1.807) is 18.3 Å². The molecule has 0 aliphatic rings. The molecule has 1 heterocycles. The van der Waals surface area contributed by atoms with Crippen LogP contribution >= 0.6 is 11.6 Å². The van der Waals surface area contributed by atoms with Gasteiger partial charge in [0.1, 0.15) is 0 Å². The minimum Gasteiger partial charge on any atom is -0.366 e. The van der Waals surface area contributed by atoms with Crippen LogP contribution in [0.2, 0.25) is 5.02 Å². The molecule has 4 heteroatoms. The third-order valence-corrected chi connectivity index (χ3v) is 2.66. The van der Waals surface area contributed by atoms with E-state index in [4.69, 9.17) is 17.3 Å². The summed E-state index contributed by atoms with van der Waals surface area (Å²) in [6.07, 6.45) is 6.76. The first kappa shape index (κ1) is 12.3. The number of primary amides is 1. The van der Waals surface area contributed by atoms with E-state index in [2.05, 4.69) is 4.98 Å². The van der Waals surface area contributed by atoms with Gasteiger partial charge in [0.2, 0.25) is 0 Å². The fraction of sp³-hybridized carbons (Fsp3) is 0. The lowest BCUT2D eigenvalue weighted by molar-refractivity contribution is 0.1000. The zero-order valence-electron chi connectivity index (χ0n) is 9.51. The average Bonchev–Trinajstić information content (AvgIpc) is 2.37. The number of amides is 1. The van der Waals surface area contributed by atoms with E-state index in [0.29, 0.717) is 10.6 Å². The van der Waals surface area contributed by atoms with Crippen molar-refractivity contribution in [2.75, 3.05) is 0 Å². The minimum absolute atomic E-state index is 0.399. The summed E-state index contributed by atoms with van der Waals surface area (Å²) in [5.41, 5.74) is 7.36. The maximum atomic E-state index is 11.2. The molecule has 2 rings (SSSR count). The highest BCUT2D eigenvalue weighted by atomic mass is 35.5. The van der Waals surface area contributed by atoms with Crippen molar-refractivity contribution in [2.45, 2.75) is 0 Å². The Labute approximate surface area is 110 Å². The Morgan fingerprint density at radius 1 is 1.28 bits per heavy atom. The summed E-state index contributed by atoms with van der Waals surface area (Å²) in [7, 11) is 0. The number of halogens is 1. The number of carbonyl (C=O) groups is 1. The summed E-state index contributed by atoms with van der Waals surface area (Å²) >= 11 is 5.89. The molecule has 0 radical (unpaired) electrons. The predicted molar refractivity (Wildman–Crippen MR) is 73.1 cm³/mol. The lowest BCUT2D eigenvalue weighted by Crippen LogP contribution is -2.12. The van der Waals surface area contributed by atoms with Crippen LogP contribution in [0.4, 0.5) is 0 Å². The third kappa shape index (κ3) is 2.96. The van der Waals surface area contributed by atoms with Crippen LogP contribution in [-0.2, 0) is 0 Å². The molecular formula is C14H11ClN2O. The van der Waals surface area contributed by atoms with E-state index in [1.807, 2.05) is 30.4 Å². The van der Waals surface area contributed by atoms with Crippen LogP contribution in [0.5, 0.6) is 0 Å². The number of nitrogens with two attached hydrogens (primary N) is 1. The van der Waals surface area contributed by atoms with Crippen LogP contribution < -0.4 is 5.73 Å². The Morgan fingerprint density at radius 3 is 2.83 bits per heavy atom. The standard InChI is InChI=1S/C14H11ClN2O/c15-12-3-1-2-10(8-12)4-5-11-6-7-17-9-13(11)14(16)18/h1-9H,(H2,16,18)/b5-4+. The van der Waals surface area contributed by atoms with E-state index < -0.39 is 5.91 Å².